The maximum absolute atomic E-state index is 10.4. The quantitative estimate of drug-likeness (QED) is 0.721. The van der Waals surface area contributed by atoms with Crippen LogP contribution in [-0.4, -0.2) is 88.1 Å². The van der Waals surface area contributed by atoms with E-state index in [0.29, 0.717) is 5.92 Å². The van der Waals surface area contributed by atoms with Gasteiger partial charge in [-0.1, -0.05) is 0 Å². The fraction of sp³-hybridized carbons (Fsp3) is 0.867. The van der Waals surface area contributed by atoms with E-state index in [4.69, 9.17) is 0 Å². The molecule has 3 heterocycles. The highest BCUT2D eigenvalue weighted by Gasteiger charge is 2.25. The van der Waals surface area contributed by atoms with Crippen LogP contribution in [0.15, 0.2) is 12.7 Å². The third-order valence-corrected chi connectivity index (χ3v) is 4.95. The van der Waals surface area contributed by atoms with E-state index < -0.39 is 0 Å². The van der Waals surface area contributed by atoms with E-state index >= 15 is 0 Å². The molecule has 124 valence electrons. The maximum atomic E-state index is 10.4. The lowest BCUT2D eigenvalue weighted by atomic mass is 9.92. The number of hydrogen-bond donors (Lipinski definition) is 2. The number of aromatic nitrogens is 3. The number of piperidine rings is 1. The molecule has 3 rings (SSSR count). The summed E-state index contributed by atoms with van der Waals surface area (Å²) < 4.78 is 1.88. The number of aliphatic hydroxyl groups is 1. The van der Waals surface area contributed by atoms with Crippen LogP contribution in [0.25, 0.3) is 0 Å². The van der Waals surface area contributed by atoms with Crippen LogP contribution in [0, 0.1) is 5.92 Å². The van der Waals surface area contributed by atoms with Gasteiger partial charge in [-0.05, 0) is 31.8 Å². The van der Waals surface area contributed by atoms with Gasteiger partial charge in [-0.25, -0.2) is 4.98 Å². The first-order valence-electron chi connectivity index (χ1n) is 8.47. The average molecular weight is 308 g/mol. The van der Waals surface area contributed by atoms with Crippen molar-refractivity contribution < 1.29 is 5.11 Å². The first-order valence-corrected chi connectivity index (χ1v) is 8.47. The summed E-state index contributed by atoms with van der Waals surface area (Å²) in [6.07, 6.45) is 5.41. The van der Waals surface area contributed by atoms with E-state index in [2.05, 4.69) is 25.2 Å². The topological polar surface area (TPSA) is 69.5 Å². The van der Waals surface area contributed by atoms with Gasteiger partial charge in [0.2, 0.25) is 0 Å². The molecule has 2 aliphatic rings. The molecule has 0 amide bonds. The van der Waals surface area contributed by atoms with Crippen molar-refractivity contribution in [2.45, 2.75) is 25.5 Å². The fourth-order valence-electron chi connectivity index (χ4n) is 3.43. The predicted octanol–water partition coefficient (Wildman–Crippen LogP) is -0.744. The van der Waals surface area contributed by atoms with Crippen molar-refractivity contribution in [3.63, 3.8) is 0 Å². The van der Waals surface area contributed by atoms with Crippen LogP contribution < -0.4 is 5.32 Å². The summed E-state index contributed by atoms with van der Waals surface area (Å²) in [4.78, 5) is 8.85. The summed E-state index contributed by atoms with van der Waals surface area (Å²) in [7, 11) is 0. The Morgan fingerprint density at radius 1 is 1.09 bits per heavy atom. The Labute approximate surface area is 132 Å². The number of β-amino-alcohol motifs (C(OH)–C–C–N with tert-alkyl or cyclic N) is 1. The smallest absolute Gasteiger partial charge is 0.137 e. The Bertz CT molecular complexity index is 412. The normalized spacial score (nSPS) is 23.7. The van der Waals surface area contributed by atoms with Crippen molar-refractivity contribution in [2.24, 2.45) is 5.92 Å². The summed E-state index contributed by atoms with van der Waals surface area (Å²) >= 11 is 0. The molecular formula is C15H28N6O. The third kappa shape index (κ3) is 4.49. The third-order valence-electron chi connectivity index (χ3n) is 4.95. The first kappa shape index (κ1) is 15.9. The molecule has 7 nitrogen and oxygen atoms in total. The second kappa shape index (κ2) is 8.01. The number of piperazine rings is 1. The second-order valence-electron chi connectivity index (χ2n) is 6.46. The monoisotopic (exact) mass is 308 g/mol. The minimum absolute atomic E-state index is 0.163. The largest absolute Gasteiger partial charge is 0.392 e. The number of nitrogens with zero attached hydrogens (tertiary/aromatic N) is 5. The molecule has 2 saturated heterocycles. The van der Waals surface area contributed by atoms with Crippen molar-refractivity contribution in [2.75, 3.05) is 52.4 Å². The van der Waals surface area contributed by atoms with Gasteiger partial charge in [0.05, 0.1) is 12.6 Å². The molecule has 0 aliphatic carbocycles. The van der Waals surface area contributed by atoms with Crippen LogP contribution >= 0.6 is 0 Å². The molecule has 0 spiro atoms. The predicted molar refractivity (Wildman–Crippen MR) is 84.5 cm³/mol. The van der Waals surface area contributed by atoms with Crippen LogP contribution in [0.2, 0.25) is 0 Å². The summed E-state index contributed by atoms with van der Waals surface area (Å²) in [6.45, 7) is 9.13. The maximum Gasteiger partial charge on any atom is 0.137 e. The first-order chi connectivity index (χ1) is 10.8. The van der Waals surface area contributed by atoms with Gasteiger partial charge in [0.15, 0.2) is 0 Å². The summed E-state index contributed by atoms with van der Waals surface area (Å²) in [6, 6.07) is 0. The van der Waals surface area contributed by atoms with Crippen molar-refractivity contribution in [1.29, 1.82) is 0 Å². The molecule has 1 aromatic heterocycles. The molecule has 1 unspecified atom stereocenters. The van der Waals surface area contributed by atoms with E-state index in [-0.39, 0.29) is 6.10 Å². The minimum atomic E-state index is -0.163. The molecule has 0 aromatic carbocycles. The van der Waals surface area contributed by atoms with Crippen LogP contribution in [0.5, 0.6) is 0 Å². The van der Waals surface area contributed by atoms with Gasteiger partial charge in [0.1, 0.15) is 12.7 Å². The summed E-state index contributed by atoms with van der Waals surface area (Å²) in [5.41, 5.74) is 0. The van der Waals surface area contributed by atoms with Crippen molar-refractivity contribution >= 4 is 0 Å². The SMILES string of the molecule is OC(CN1CCN(CCn2cncn2)CC1)C1CCNCC1. The van der Waals surface area contributed by atoms with E-state index in [0.717, 1.165) is 71.7 Å². The highest BCUT2D eigenvalue weighted by molar-refractivity contribution is 4.80. The van der Waals surface area contributed by atoms with Crippen LogP contribution in [-0.2, 0) is 6.54 Å². The lowest BCUT2D eigenvalue weighted by Crippen LogP contribution is -2.50. The van der Waals surface area contributed by atoms with Crippen LogP contribution in [0.1, 0.15) is 12.8 Å². The van der Waals surface area contributed by atoms with Gasteiger partial charge in [0.25, 0.3) is 0 Å². The van der Waals surface area contributed by atoms with Crippen LogP contribution in [0.4, 0.5) is 0 Å². The van der Waals surface area contributed by atoms with E-state index in [1.807, 2.05) is 4.68 Å². The fourth-order valence-corrected chi connectivity index (χ4v) is 3.43. The van der Waals surface area contributed by atoms with Gasteiger partial charge in [0, 0.05) is 39.3 Å². The number of hydrogen-bond acceptors (Lipinski definition) is 6. The van der Waals surface area contributed by atoms with E-state index in [1.165, 1.54) is 0 Å². The second-order valence-corrected chi connectivity index (χ2v) is 6.46. The highest BCUT2D eigenvalue weighted by atomic mass is 16.3. The Hall–Kier alpha value is -1.02. The van der Waals surface area contributed by atoms with Gasteiger partial charge < -0.3 is 10.4 Å². The summed E-state index contributed by atoms with van der Waals surface area (Å²) in [5, 5.41) is 17.9. The zero-order valence-electron chi connectivity index (χ0n) is 13.3. The lowest BCUT2D eigenvalue weighted by Gasteiger charge is -2.37. The van der Waals surface area contributed by atoms with Gasteiger partial charge >= 0.3 is 0 Å². The average Bonchev–Trinajstić information content (AvgIpc) is 3.08. The highest BCUT2D eigenvalue weighted by Crippen LogP contribution is 2.17. The standard InChI is InChI=1S/C15H28N6O/c22-15(14-1-3-16-4-2-14)11-20-7-5-19(6-8-20)9-10-21-13-17-12-18-21/h12-16,22H,1-11H2. The van der Waals surface area contributed by atoms with Crippen molar-refractivity contribution in [3.8, 4) is 0 Å². The Balaban J connectivity index is 1.34. The lowest BCUT2D eigenvalue weighted by molar-refractivity contribution is 0.0310. The molecule has 2 aliphatic heterocycles. The number of aliphatic hydroxyl groups excluding tert-OH is 1. The van der Waals surface area contributed by atoms with Gasteiger partial charge in [-0.3, -0.25) is 14.5 Å². The molecule has 2 N–H and O–H groups in total. The van der Waals surface area contributed by atoms with E-state index in [9.17, 15) is 5.11 Å². The molecular weight excluding hydrogens is 280 g/mol. The molecule has 1 atom stereocenters. The summed E-state index contributed by atoms with van der Waals surface area (Å²) in [5.74, 6) is 0.478. The van der Waals surface area contributed by atoms with Crippen molar-refractivity contribution in [3.05, 3.63) is 12.7 Å². The molecule has 0 bridgehead atoms. The molecule has 0 saturated carbocycles. The van der Waals surface area contributed by atoms with Crippen LogP contribution in [0.3, 0.4) is 0 Å². The molecule has 7 heteroatoms. The van der Waals surface area contributed by atoms with Crippen molar-refractivity contribution in [1.82, 2.24) is 29.9 Å². The Morgan fingerprint density at radius 2 is 1.82 bits per heavy atom. The molecule has 22 heavy (non-hydrogen) atoms. The van der Waals surface area contributed by atoms with E-state index in [1.54, 1.807) is 12.7 Å². The number of nitrogens with one attached hydrogen (secondary N) is 1. The number of rotatable bonds is 6. The Kier molecular flexibility index (Phi) is 5.77. The molecule has 1 aromatic rings. The molecule has 0 radical (unpaired) electrons. The van der Waals surface area contributed by atoms with Gasteiger partial charge in [-0.15, -0.1) is 0 Å². The zero-order valence-corrected chi connectivity index (χ0v) is 13.3. The Morgan fingerprint density at radius 3 is 2.50 bits per heavy atom. The van der Waals surface area contributed by atoms with Gasteiger partial charge in [-0.2, -0.15) is 5.10 Å². The zero-order chi connectivity index (χ0) is 15.2. The minimum Gasteiger partial charge on any atom is -0.392 e. The molecule has 2 fully saturated rings.